The molecule has 1 aromatic carbocycles. The molecule has 0 unspecified atom stereocenters. The molecule has 6 N–H and O–H groups in total. The number of phenolic OH excluding ortho intramolecular Hbond substituents is 1. The summed E-state index contributed by atoms with van der Waals surface area (Å²) >= 11 is 0. The van der Waals surface area contributed by atoms with Crippen molar-refractivity contribution in [3.8, 4) is 5.75 Å². The first-order valence-corrected chi connectivity index (χ1v) is 4.90. The molecule has 1 aromatic rings. The summed E-state index contributed by atoms with van der Waals surface area (Å²) in [7, 11) is 0. The third-order valence-electron chi connectivity index (χ3n) is 2.17. The molecule has 7 nitrogen and oxygen atoms in total. The summed E-state index contributed by atoms with van der Waals surface area (Å²) in [5, 5.41) is 9.50. The second-order valence-electron chi connectivity index (χ2n) is 3.38. The van der Waals surface area contributed by atoms with Gasteiger partial charge in [0.25, 0.3) is 0 Å². The van der Waals surface area contributed by atoms with Crippen LogP contribution in [0, 0.1) is 0 Å². The Hall–Kier alpha value is -2.12. The minimum Gasteiger partial charge on any atom is -0.508 e. The fourth-order valence-electron chi connectivity index (χ4n) is 1.22. The number of hydrogen-bond donors (Lipinski definition) is 4. The second-order valence-corrected chi connectivity index (χ2v) is 3.38. The quantitative estimate of drug-likeness (QED) is 0.324. The molecule has 0 atom stereocenters. The third kappa shape index (κ3) is 3.74. The van der Waals surface area contributed by atoms with Crippen molar-refractivity contribution >= 4 is 11.9 Å². The highest BCUT2D eigenvalue weighted by atomic mass is 16.3. The van der Waals surface area contributed by atoms with Gasteiger partial charge in [0.15, 0.2) is 0 Å². The van der Waals surface area contributed by atoms with E-state index in [1.807, 2.05) is 0 Å². The zero-order valence-corrected chi connectivity index (χ0v) is 9.09. The van der Waals surface area contributed by atoms with Crippen LogP contribution >= 0.6 is 0 Å². The summed E-state index contributed by atoms with van der Waals surface area (Å²) < 4.78 is 0. The molecule has 0 heterocycles. The van der Waals surface area contributed by atoms with E-state index < -0.39 is 11.9 Å². The third-order valence-corrected chi connectivity index (χ3v) is 2.17. The maximum absolute atomic E-state index is 11.4. The topological polar surface area (TPSA) is 122 Å². The Morgan fingerprint density at radius 1 is 1.29 bits per heavy atom. The van der Waals surface area contributed by atoms with Crippen molar-refractivity contribution in [3.63, 3.8) is 0 Å². The van der Waals surface area contributed by atoms with Gasteiger partial charge in [-0.15, -0.1) is 0 Å². The van der Waals surface area contributed by atoms with E-state index in [2.05, 4.69) is 0 Å². The fourth-order valence-corrected chi connectivity index (χ4v) is 1.22. The van der Waals surface area contributed by atoms with E-state index >= 15 is 0 Å². The molecule has 0 bridgehead atoms. The lowest BCUT2D eigenvalue weighted by Gasteiger charge is -2.13. The van der Waals surface area contributed by atoms with Gasteiger partial charge in [-0.25, -0.2) is 16.5 Å². The standard InChI is InChI=1S/C10H14N4O3/c11-13-10(17)14(12)9(16)6-3-7-1-4-8(15)5-2-7/h1-2,4-5,15H,3,6,11-12H2,(H,13,17). The van der Waals surface area contributed by atoms with Gasteiger partial charge in [0, 0.05) is 6.42 Å². The first kappa shape index (κ1) is 12.9. The molecule has 0 aliphatic heterocycles. The zero-order chi connectivity index (χ0) is 12.8. The van der Waals surface area contributed by atoms with Crippen LogP contribution in [0.5, 0.6) is 5.75 Å². The largest absolute Gasteiger partial charge is 0.508 e. The second kappa shape index (κ2) is 5.83. The van der Waals surface area contributed by atoms with Crippen LogP contribution in [0.2, 0.25) is 0 Å². The molecule has 0 saturated carbocycles. The number of hydrogen-bond acceptors (Lipinski definition) is 5. The average molecular weight is 238 g/mol. The molecular weight excluding hydrogens is 224 g/mol. The number of nitrogens with zero attached hydrogens (tertiary/aromatic N) is 1. The number of urea groups is 1. The highest BCUT2D eigenvalue weighted by Gasteiger charge is 2.15. The average Bonchev–Trinajstić information content (AvgIpc) is 2.35. The number of imide groups is 1. The predicted molar refractivity (Wildman–Crippen MR) is 60.2 cm³/mol. The lowest BCUT2D eigenvalue weighted by atomic mass is 10.1. The smallest absolute Gasteiger partial charge is 0.352 e. The Morgan fingerprint density at radius 2 is 1.88 bits per heavy atom. The maximum atomic E-state index is 11.4. The monoisotopic (exact) mass is 238 g/mol. The van der Waals surface area contributed by atoms with Crippen molar-refractivity contribution < 1.29 is 14.7 Å². The van der Waals surface area contributed by atoms with Crippen LogP contribution in [0.1, 0.15) is 12.0 Å². The molecule has 0 fully saturated rings. The Kier molecular flexibility index (Phi) is 4.44. The minimum absolute atomic E-state index is 0.0781. The first-order chi connectivity index (χ1) is 8.04. The highest BCUT2D eigenvalue weighted by Crippen LogP contribution is 2.11. The van der Waals surface area contributed by atoms with Gasteiger partial charge >= 0.3 is 6.03 Å². The van der Waals surface area contributed by atoms with E-state index in [-0.39, 0.29) is 12.2 Å². The summed E-state index contributed by atoms with van der Waals surface area (Å²) in [6, 6.07) is 5.55. The number of phenols is 1. The number of nitrogens with two attached hydrogens (primary N) is 2. The number of aromatic hydroxyl groups is 1. The van der Waals surface area contributed by atoms with Gasteiger partial charge in [-0.05, 0) is 24.1 Å². The summed E-state index contributed by atoms with van der Waals surface area (Å²) in [6.45, 7) is 0. The lowest BCUT2D eigenvalue weighted by molar-refractivity contribution is -0.128. The van der Waals surface area contributed by atoms with Gasteiger partial charge in [0.1, 0.15) is 5.75 Å². The van der Waals surface area contributed by atoms with Crippen LogP contribution in [0.15, 0.2) is 24.3 Å². The Bertz CT molecular complexity index is 405. The van der Waals surface area contributed by atoms with Crippen LogP contribution in [0.4, 0.5) is 4.79 Å². The highest BCUT2D eigenvalue weighted by molar-refractivity contribution is 5.93. The van der Waals surface area contributed by atoms with Gasteiger partial charge in [-0.1, -0.05) is 12.1 Å². The minimum atomic E-state index is -0.860. The maximum Gasteiger partial charge on any atom is 0.352 e. The van der Waals surface area contributed by atoms with E-state index in [9.17, 15) is 9.59 Å². The Labute approximate surface area is 97.9 Å². The molecule has 0 radical (unpaired) electrons. The molecule has 0 saturated heterocycles. The van der Waals surface area contributed by atoms with Crippen molar-refractivity contribution in [1.82, 2.24) is 10.4 Å². The van der Waals surface area contributed by atoms with Crippen molar-refractivity contribution in [2.24, 2.45) is 11.7 Å². The number of benzene rings is 1. The number of carbonyl (C=O) groups is 2. The normalized spacial score (nSPS) is 9.76. The first-order valence-electron chi connectivity index (χ1n) is 4.90. The van der Waals surface area contributed by atoms with Crippen molar-refractivity contribution in [2.45, 2.75) is 12.8 Å². The molecule has 0 aliphatic carbocycles. The summed E-state index contributed by atoms with van der Waals surface area (Å²) in [4.78, 5) is 22.3. The molecule has 7 heteroatoms. The number of carbonyl (C=O) groups excluding carboxylic acids is 2. The fraction of sp³-hybridized carbons (Fsp3) is 0.200. The molecule has 1 rings (SSSR count). The predicted octanol–water partition coefficient (Wildman–Crippen LogP) is -0.390. The number of nitrogens with one attached hydrogen (secondary N) is 1. The van der Waals surface area contributed by atoms with Crippen molar-refractivity contribution in [1.29, 1.82) is 0 Å². The molecule has 17 heavy (non-hydrogen) atoms. The van der Waals surface area contributed by atoms with E-state index in [1.54, 1.807) is 17.6 Å². The Balaban J connectivity index is 2.48. The van der Waals surface area contributed by atoms with Gasteiger partial charge in [0.2, 0.25) is 5.91 Å². The lowest BCUT2D eigenvalue weighted by Crippen LogP contribution is -2.50. The SMILES string of the molecule is NNC(=O)N(N)C(=O)CCc1ccc(O)cc1. The Morgan fingerprint density at radius 3 is 2.41 bits per heavy atom. The number of aryl methyl sites for hydroxylation is 1. The molecule has 3 amide bonds. The van der Waals surface area contributed by atoms with E-state index in [1.165, 1.54) is 12.1 Å². The van der Waals surface area contributed by atoms with Crippen molar-refractivity contribution in [3.05, 3.63) is 29.8 Å². The summed E-state index contributed by atoms with van der Waals surface area (Å²) in [6.07, 6.45) is 0.499. The van der Waals surface area contributed by atoms with E-state index in [0.717, 1.165) is 5.56 Å². The zero-order valence-electron chi connectivity index (χ0n) is 9.09. The molecule has 0 aromatic heterocycles. The van der Waals surface area contributed by atoms with Gasteiger partial charge < -0.3 is 5.11 Å². The van der Waals surface area contributed by atoms with Crippen LogP contribution in [0.3, 0.4) is 0 Å². The van der Waals surface area contributed by atoms with Crippen LogP contribution in [-0.4, -0.2) is 22.1 Å². The molecule has 92 valence electrons. The molecular formula is C10H14N4O3. The van der Waals surface area contributed by atoms with E-state index in [0.29, 0.717) is 11.4 Å². The van der Waals surface area contributed by atoms with Gasteiger partial charge in [-0.3, -0.25) is 10.2 Å². The van der Waals surface area contributed by atoms with E-state index in [4.69, 9.17) is 16.8 Å². The number of amides is 3. The van der Waals surface area contributed by atoms with Gasteiger partial charge in [-0.2, -0.15) is 5.01 Å². The van der Waals surface area contributed by atoms with Crippen LogP contribution in [0.25, 0.3) is 0 Å². The molecule has 0 spiro atoms. The number of rotatable bonds is 3. The van der Waals surface area contributed by atoms with Gasteiger partial charge in [0.05, 0.1) is 0 Å². The van der Waals surface area contributed by atoms with Crippen LogP contribution in [-0.2, 0) is 11.2 Å². The molecule has 0 aliphatic rings. The number of hydrazine groups is 2. The summed E-state index contributed by atoms with van der Waals surface area (Å²) in [5.74, 6) is 9.66. The summed E-state index contributed by atoms with van der Waals surface area (Å²) in [5.41, 5.74) is 2.62. The van der Waals surface area contributed by atoms with Crippen LogP contribution < -0.4 is 17.1 Å². The van der Waals surface area contributed by atoms with Crippen molar-refractivity contribution in [2.75, 3.05) is 0 Å².